The van der Waals surface area contributed by atoms with Gasteiger partial charge >= 0.3 is 5.97 Å². The van der Waals surface area contributed by atoms with E-state index in [-0.39, 0.29) is 11.3 Å². The van der Waals surface area contributed by atoms with Gasteiger partial charge in [0.05, 0.1) is 5.56 Å². The molecular formula is C13H9ClO3. The van der Waals surface area contributed by atoms with Gasteiger partial charge in [-0.05, 0) is 29.8 Å². The number of phenolic OH excluding ortho intramolecular Hbond substituents is 1. The number of halogens is 1. The van der Waals surface area contributed by atoms with Gasteiger partial charge in [0.15, 0.2) is 0 Å². The Morgan fingerprint density at radius 3 is 2.47 bits per heavy atom. The number of aromatic carboxylic acids is 1. The maximum Gasteiger partial charge on any atom is 0.335 e. The number of hydrogen-bond donors (Lipinski definition) is 2. The van der Waals surface area contributed by atoms with Crippen molar-refractivity contribution >= 4 is 17.6 Å². The van der Waals surface area contributed by atoms with E-state index in [1.54, 1.807) is 24.3 Å². The number of aromatic hydroxyl groups is 1. The molecule has 2 aromatic rings. The van der Waals surface area contributed by atoms with E-state index in [2.05, 4.69) is 0 Å². The first-order valence-corrected chi connectivity index (χ1v) is 5.28. The zero-order valence-corrected chi connectivity index (χ0v) is 9.48. The van der Waals surface area contributed by atoms with Gasteiger partial charge in [-0.1, -0.05) is 29.8 Å². The van der Waals surface area contributed by atoms with Gasteiger partial charge in [0.2, 0.25) is 0 Å². The fourth-order valence-electron chi connectivity index (χ4n) is 1.59. The molecule has 0 aliphatic rings. The summed E-state index contributed by atoms with van der Waals surface area (Å²) in [5.41, 5.74) is 1.22. The summed E-state index contributed by atoms with van der Waals surface area (Å²) < 4.78 is 0. The lowest BCUT2D eigenvalue weighted by molar-refractivity contribution is 0.0697. The average Bonchev–Trinajstić information content (AvgIpc) is 2.28. The van der Waals surface area contributed by atoms with Gasteiger partial charge in [-0.25, -0.2) is 4.79 Å². The van der Waals surface area contributed by atoms with Gasteiger partial charge in [0, 0.05) is 10.6 Å². The molecule has 0 atom stereocenters. The Kier molecular flexibility index (Phi) is 3.02. The Morgan fingerprint density at radius 1 is 1.12 bits per heavy atom. The molecule has 0 amide bonds. The van der Waals surface area contributed by atoms with E-state index < -0.39 is 5.97 Å². The highest BCUT2D eigenvalue weighted by Crippen LogP contribution is 2.31. The normalized spacial score (nSPS) is 10.2. The molecule has 2 N–H and O–H groups in total. The van der Waals surface area contributed by atoms with Crippen molar-refractivity contribution in [2.24, 2.45) is 0 Å². The van der Waals surface area contributed by atoms with Crippen LogP contribution < -0.4 is 0 Å². The number of phenols is 1. The summed E-state index contributed by atoms with van der Waals surface area (Å²) in [4.78, 5) is 10.9. The number of carbonyl (C=O) groups is 1. The monoisotopic (exact) mass is 248 g/mol. The molecule has 17 heavy (non-hydrogen) atoms. The van der Waals surface area contributed by atoms with E-state index in [0.29, 0.717) is 16.1 Å². The first kappa shape index (κ1) is 11.5. The highest BCUT2D eigenvalue weighted by Gasteiger charge is 2.09. The van der Waals surface area contributed by atoms with E-state index in [1.165, 1.54) is 18.2 Å². The first-order valence-electron chi connectivity index (χ1n) is 4.90. The SMILES string of the molecule is O=C(O)c1cc(Cl)cc(-c2ccccc2O)c1. The van der Waals surface area contributed by atoms with Crippen LogP contribution in [0.25, 0.3) is 11.1 Å². The van der Waals surface area contributed by atoms with E-state index >= 15 is 0 Å². The van der Waals surface area contributed by atoms with Crippen molar-refractivity contribution in [1.82, 2.24) is 0 Å². The molecule has 0 saturated heterocycles. The molecule has 3 nitrogen and oxygen atoms in total. The highest BCUT2D eigenvalue weighted by atomic mass is 35.5. The number of carboxylic acids is 1. The van der Waals surface area contributed by atoms with Crippen LogP contribution in [0, 0.1) is 0 Å². The summed E-state index contributed by atoms with van der Waals surface area (Å²) in [7, 11) is 0. The van der Waals surface area contributed by atoms with Gasteiger partial charge < -0.3 is 10.2 Å². The highest BCUT2D eigenvalue weighted by molar-refractivity contribution is 6.31. The molecule has 2 rings (SSSR count). The Balaban J connectivity index is 2.60. The molecule has 0 aromatic heterocycles. The third-order valence-electron chi connectivity index (χ3n) is 2.36. The summed E-state index contributed by atoms with van der Waals surface area (Å²) in [5, 5.41) is 18.9. The molecular weight excluding hydrogens is 240 g/mol. The van der Waals surface area contributed by atoms with Crippen molar-refractivity contribution in [2.45, 2.75) is 0 Å². The second kappa shape index (κ2) is 4.47. The van der Waals surface area contributed by atoms with Crippen LogP contribution in [0.5, 0.6) is 5.75 Å². The molecule has 86 valence electrons. The van der Waals surface area contributed by atoms with E-state index in [9.17, 15) is 9.90 Å². The maximum absolute atomic E-state index is 10.9. The summed E-state index contributed by atoms with van der Waals surface area (Å²) in [6.45, 7) is 0. The molecule has 0 radical (unpaired) electrons. The standard InChI is InChI=1S/C13H9ClO3/c14-10-6-8(5-9(7-10)13(16)17)11-3-1-2-4-12(11)15/h1-7,15H,(H,16,17). The van der Waals surface area contributed by atoms with E-state index in [1.807, 2.05) is 0 Å². The van der Waals surface area contributed by atoms with Crippen LogP contribution in [-0.4, -0.2) is 16.2 Å². The van der Waals surface area contributed by atoms with Crippen LogP contribution in [0.4, 0.5) is 0 Å². The fourth-order valence-corrected chi connectivity index (χ4v) is 1.82. The largest absolute Gasteiger partial charge is 0.507 e. The van der Waals surface area contributed by atoms with Crippen molar-refractivity contribution < 1.29 is 15.0 Å². The summed E-state index contributed by atoms with van der Waals surface area (Å²) >= 11 is 5.85. The molecule has 4 heteroatoms. The predicted molar refractivity (Wildman–Crippen MR) is 65.5 cm³/mol. The van der Waals surface area contributed by atoms with Crippen LogP contribution in [0.15, 0.2) is 42.5 Å². The minimum absolute atomic E-state index is 0.0890. The third-order valence-corrected chi connectivity index (χ3v) is 2.58. The predicted octanol–water partition coefficient (Wildman–Crippen LogP) is 3.41. The van der Waals surface area contributed by atoms with Crippen LogP contribution in [0.3, 0.4) is 0 Å². The van der Waals surface area contributed by atoms with Crippen LogP contribution >= 0.6 is 11.6 Å². The second-order valence-electron chi connectivity index (χ2n) is 3.55. The average molecular weight is 249 g/mol. The van der Waals surface area contributed by atoms with Gasteiger partial charge in [-0.15, -0.1) is 0 Å². The van der Waals surface area contributed by atoms with E-state index in [0.717, 1.165) is 0 Å². The number of para-hydroxylation sites is 1. The van der Waals surface area contributed by atoms with Crippen molar-refractivity contribution in [2.75, 3.05) is 0 Å². The fraction of sp³-hybridized carbons (Fsp3) is 0. The number of rotatable bonds is 2. The second-order valence-corrected chi connectivity index (χ2v) is 3.99. The molecule has 0 fully saturated rings. The molecule has 0 saturated carbocycles. The number of hydrogen-bond acceptors (Lipinski definition) is 2. The molecule has 0 spiro atoms. The quantitative estimate of drug-likeness (QED) is 0.856. The van der Waals surface area contributed by atoms with Crippen molar-refractivity contribution in [1.29, 1.82) is 0 Å². The molecule has 2 aromatic carbocycles. The maximum atomic E-state index is 10.9. The first-order chi connectivity index (χ1) is 8.08. The minimum atomic E-state index is -1.05. The molecule has 0 aliphatic heterocycles. The summed E-state index contributed by atoms with van der Waals surface area (Å²) in [6, 6.07) is 11.2. The molecule has 0 heterocycles. The van der Waals surface area contributed by atoms with Gasteiger partial charge in [-0.3, -0.25) is 0 Å². The Bertz CT molecular complexity index is 579. The Labute approximate surface area is 103 Å². The molecule has 0 bridgehead atoms. The number of benzene rings is 2. The van der Waals surface area contributed by atoms with Crippen LogP contribution in [0.1, 0.15) is 10.4 Å². The molecule has 0 aliphatic carbocycles. The summed E-state index contributed by atoms with van der Waals surface area (Å²) in [6.07, 6.45) is 0. The summed E-state index contributed by atoms with van der Waals surface area (Å²) in [5.74, 6) is -0.963. The Hall–Kier alpha value is -2.00. The van der Waals surface area contributed by atoms with Gasteiger partial charge in [0.25, 0.3) is 0 Å². The van der Waals surface area contributed by atoms with Gasteiger partial charge in [0.1, 0.15) is 5.75 Å². The van der Waals surface area contributed by atoms with Gasteiger partial charge in [-0.2, -0.15) is 0 Å². The molecule has 0 unspecified atom stereocenters. The van der Waals surface area contributed by atoms with Crippen molar-refractivity contribution in [3.05, 3.63) is 53.1 Å². The van der Waals surface area contributed by atoms with E-state index in [4.69, 9.17) is 16.7 Å². The third kappa shape index (κ3) is 2.40. The lowest BCUT2D eigenvalue weighted by atomic mass is 10.0. The van der Waals surface area contributed by atoms with Crippen molar-refractivity contribution in [3.63, 3.8) is 0 Å². The minimum Gasteiger partial charge on any atom is -0.507 e. The lowest BCUT2D eigenvalue weighted by Crippen LogP contribution is -1.96. The lowest BCUT2D eigenvalue weighted by Gasteiger charge is -2.06. The van der Waals surface area contributed by atoms with Crippen LogP contribution in [-0.2, 0) is 0 Å². The Morgan fingerprint density at radius 2 is 1.82 bits per heavy atom. The number of carboxylic acid groups (broad SMARTS) is 1. The van der Waals surface area contributed by atoms with Crippen LogP contribution in [0.2, 0.25) is 5.02 Å². The van der Waals surface area contributed by atoms with Crippen molar-refractivity contribution in [3.8, 4) is 16.9 Å². The zero-order valence-electron chi connectivity index (χ0n) is 8.72. The zero-order chi connectivity index (χ0) is 12.4. The topological polar surface area (TPSA) is 57.5 Å². The smallest absolute Gasteiger partial charge is 0.335 e.